The molecule has 0 bridgehead atoms. The minimum Gasteiger partial charge on any atom is -0.497 e. The van der Waals surface area contributed by atoms with E-state index < -0.39 is 0 Å². The maximum atomic E-state index is 12.8. The van der Waals surface area contributed by atoms with Gasteiger partial charge in [0.1, 0.15) is 11.6 Å². The number of ether oxygens (including phenoxy) is 1. The second-order valence-electron chi connectivity index (χ2n) is 5.20. The third kappa shape index (κ3) is 4.58. The molecule has 0 aliphatic heterocycles. The number of rotatable bonds is 6. The number of nitrogens with one attached hydrogen (secondary N) is 1. The Hall–Kier alpha value is -2.36. The van der Waals surface area contributed by atoms with E-state index in [9.17, 15) is 9.18 Å². The normalized spacial score (nSPS) is 10.3. The number of hydrogen-bond acceptors (Lipinski definition) is 2. The van der Waals surface area contributed by atoms with Gasteiger partial charge in [-0.3, -0.25) is 4.79 Å². The Morgan fingerprint density at radius 1 is 1.18 bits per heavy atom. The predicted molar refractivity (Wildman–Crippen MR) is 85.7 cm³/mol. The Labute approximate surface area is 130 Å². The van der Waals surface area contributed by atoms with Crippen molar-refractivity contribution in [2.24, 2.45) is 0 Å². The quantitative estimate of drug-likeness (QED) is 0.872. The molecule has 0 heterocycles. The van der Waals surface area contributed by atoms with Gasteiger partial charge in [-0.05, 0) is 67.3 Å². The van der Waals surface area contributed by atoms with Crippen LogP contribution < -0.4 is 10.1 Å². The van der Waals surface area contributed by atoms with Gasteiger partial charge < -0.3 is 10.1 Å². The highest BCUT2D eigenvalue weighted by Crippen LogP contribution is 2.18. The Bertz CT molecular complexity index is 638. The van der Waals surface area contributed by atoms with Gasteiger partial charge in [-0.15, -0.1) is 0 Å². The van der Waals surface area contributed by atoms with Crippen LogP contribution >= 0.6 is 0 Å². The molecule has 0 aliphatic rings. The number of amides is 1. The predicted octanol–water partition coefficient (Wildman–Crippen LogP) is 4.10. The van der Waals surface area contributed by atoms with Gasteiger partial charge in [-0.1, -0.05) is 6.07 Å². The Kier molecular flexibility index (Phi) is 5.53. The highest BCUT2D eigenvalue weighted by atomic mass is 19.1. The van der Waals surface area contributed by atoms with Crippen LogP contribution in [-0.4, -0.2) is 13.0 Å². The smallest absolute Gasteiger partial charge is 0.224 e. The molecule has 3 nitrogen and oxygen atoms in total. The Morgan fingerprint density at radius 3 is 2.55 bits per heavy atom. The van der Waals surface area contributed by atoms with Crippen LogP contribution in [0.25, 0.3) is 0 Å². The van der Waals surface area contributed by atoms with Crippen molar-refractivity contribution in [3.05, 3.63) is 59.4 Å². The molecule has 0 fully saturated rings. The first-order chi connectivity index (χ1) is 10.6. The van der Waals surface area contributed by atoms with Gasteiger partial charge in [0.25, 0.3) is 0 Å². The molecular weight excluding hydrogens is 281 g/mol. The molecule has 1 amide bonds. The van der Waals surface area contributed by atoms with Crippen molar-refractivity contribution in [3.63, 3.8) is 0 Å². The summed E-state index contributed by atoms with van der Waals surface area (Å²) >= 11 is 0. The van der Waals surface area contributed by atoms with Crippen LogP contribution in [0, 0.1) is 12.7 Å². The average molecular weight is 301 g/mol. The van der Waals surface area contributed by atoms with Crippen molar-refractivity contribution in [2.45, 2.75) is 26.2 Å². The van der Waals surface area contributed by atoms with E-state index in [1.807, 2.05) is 25.1 Å². The van der Waals surface area contributed by atoms with Gasteiger partial charge in [0.2, 0.25) is 5.91 Å². The Balaban J connectivity index is 1.80. The molecule has 0 spiro atoms. The van der Waals surface area contributed by atoms with E-state index in [4.69, 9.17) is 4.74 Å². The summed E-state index contributed by atoms with van der Waals surface area (Å²) in [6, 6.07) is 11.7. The summed E-state index contributed by atoms with van der Waals surface area (Å²) in [7, 11) is 1.65. The van der Waals surface area contributed by atoms with Crippen LogP contribution in [0.1, 0.15) is 24.0 Å². The SMILES string of the molecule is COc1ccc(CCCC(=O)Nc2ccc(F)cc2)c(C)c1. The molecule has 116 valence electrons. The first-order valence-electron chi connectivity index (χ1n) is 7.27. The summed E-state index contributed by atoms with van der Waals surface area (Å²) in [5.41, 5.74) is 3.00. The zero-order valence-corrected chi connectivity index (χ0v) is 12.9. The van der Waals surface area contributed by atoms with Crippen molar-refractivity contribution < 1.29 is 13.9 Å². The molecule has 1 N–H and O–H groups in total. The summed E-state index contributed by atoms with van der Waals surface area (Å²) in [4.78, 5) is 11.8. The zero-order valence-electron chi connectivity index (χ0n) is 12.9. The monoisotopic (exact) mass is 301 g/mol. The molecular formula is C18H20FNO2. The molecule has 0 saturated carbocycles. The summed E-state index contributed by atoms with van der Waals surface area (Å²) < 4.78 is 18.0. The van der Waals surface area contributed by atoms with E-state index in [0.717, 1.165) is 18.6 Å². The summed E-state index contributed by atoms with van der Waals surface area (Å²) in [5, 5.41) is 2.76. The van der Waals surface area contributed by atoms with Gasteiger partial charge in [0.15, 0.2) is 0 Å². The molecule has 0 atom stereocenters. The van der Waals surface area contributed by atoms with Crippen LogP contribution in [0.5, 0.6) is 5.75 Å². The number of benzene rings is 2. The van der Waals surface area contributed by atoms with E-state index in [1.54, 1.807) is 19.2 Å². The molecule has 22 heavy (non-hydrogen) atoms. The first-order valence-corrected chi connectivity index (χ1v) is 7.27. The summed E-state index contributed by atoms with van der Waals surface area (Å²) in [5.74, 6) is 0.473. The van der Waals surface area contributed by atoms with Gasteiger partial charge >= 0.3 is 0 Å². The lowest BCUT2D eigenvalue weighted by Gasteiger charge is -2.08. The number of carbonyl (C=O) groups excluding carboxylic acids is 1. The molecule has 0 aromatic heterocycles. The van der Waals surface area contributed by atoms with Crippen LogP contribution in [0.3, 0.4) is 0 Å². The maximum Gasteiger partial charge on any atom is 0.224 e. The average Bonchev–Trinajstić information content (AvgIpc) is 2.51. The summed E-state index contributed by atoms with van der Waals surface area (Å²) in [6.45, 7) is 2.04. The van der Waals surface area contributed by atoms with E-state index in [0.29, 0.717) is 12.1 Å². The lowest BCUT2D eigenvalue weighted by atomic mass is 10.0. The van der Waals surface area contributed by atoms with Crippen LogP contribution in [0.15, 0.2) is 42.5 Å². The molecule has 0 saturated heterocycles. The minimum absolute atomic E-state index is 0.0576. The molecule has 2 aromatic rings. The molecule has 0 aliphatic carbocycles. The molecule has 0 unspecified atom stereocenters. The van der Waals surface area contributed by atoms with Gasteiger partial charge in [-0.2, -0.15) is 0 Å². The zero-order chi connectivity index (χ0) is 15.9. The fourth-order valence-electron chi connectivity index (χ4n) is 2.27. The van der Waals surface area contributed by atoms with Crippen molar-refractivity contribution in [3.8, 4) is 5.75 Å². The van der Waals surface area contributed by atoms with E-state index >= 15 is 0 Å². The standard InChI is InChI=1S/C18H20FNO2/c1-13-12-17(22-2)11-6-14(13)4-3-5-18(21)20-16-9-7-15(19)8-10-16/h6-12H,3-5H2,1-2H3,(H,20,21). The van der Waals surface area contributed by atoms with Crippen molar-refractivity contribution in [2.75, 3.05) is 12.4 Å². The fraction of sp³-hybridized carbons (Fsp3) is 0.278. The lowest BCUT2D eigenvalue weighted by Crippen LogP contribution is -2.11. The van der Waals surface area contributed by atoms with E-state index in [-0.39, 0.29) is 11.7 Å². The van der Waals surface area contributed by atoms with Gasteiger partial charge in [0, 0.05) is 12.1 Å². The second kappa shape index (κ2) is 7.59. The minimum atomic E-state index is -0.312. The highest BCUT2D eigenvalue weighted by Gasteiger charge is 2.05. The van der Waals surface area contributed by atoms with Gasteiger partial charge in [0.05, 0.1) is 7.11 Å². The maximum absolute atomic E-state index is 12.8. The van der Waals surface area contributed by atoms with Crippen molar-refractivity contribution >= 4 is 11.6 Å². The third-order valence-electron chi connectivity index (χ3n) is 3.53. The molecule has 0 radical (unpaired) electrons. The number of anilines is 1. The van der Waals surface area contributed by atoms with Crippen LogP contribution in [0.2, 0.25) is 0 Å². The van der Waals surface area contributed by atoms with Crippen molar-refractivity contribution in [1.29, 1.82) is 0 Å². The Morgan fingerprint density at radius 2 is 1.91 bits per heavy atom. The molecule has 2 rings (SSSR count). The summed E-state index contributed by atoms with van der Waals surface area (Å²) in [6.07, 6.45) is 2.04. The fourth-order valence-corrected chi connectivity index (χ4v) is 2.27. The number of methoxy groups -OCH3 is 1. The van der Waals surface area contributed by atoms with E-state index in [1.165, 1.54) is 23.3 Å². The van der Waals surface area contributed by atoms with Gasteiger partial charge in [-0.25, -0.2) is 4.39 Å². The number of carbonyl (C=O) groups is 1. The lowest BCUT2D eigenvalue weighted by molar-refractivity contribution is -0.116. The first kappa shape index (κ1) is 16.0. The third-order valence-corrected chi connectivity index (χ3v) is 3.53. The molecule has 4 heteroatoms. The largest absolute Gasteiger partial charge is 0.497 e. The second-order valence-corrected chi connectivity index (χ2v) is 5.20. The number of halogens is 1. The van der Waals surface area contributed by atoms with Crippen LogP contribution in [0.4, 0.5) is 10.1 Å². The number of hydrogen-bond donors (Lipinski definition) is 1. The molecule has 2 aromatic carbocycles. The van der Waals surface area contributed by atoms with Crippen molar-refractivity contribution in [1.82, 2.24) is 0 Å². The van der Waals surface area contributed by atoms with Crippen LogP contribution in [-0.2, 0) is 11.2 Å². The highest BCUT2D eigenvalue weighted by molar-refractivity contribution is 5.90. The number of aryl methyl sites for hydroxylation is 2. The van der Waals surface area contributed by atoms with E-state index in [2.05, 4.69) is 5.32 Å². The topological polar surface area (TPSA) is 38.3 Å².